The molecule has 0 aliphatic rings. The second kappa shape index (κ2) is 6.23. The van der Waals surface area contributed by atoms with E-state index in [4.69, 9.17) is 28.9 Å². The summed E-state index contributed by atoms with van der Waals surface area (Å²) < 4.78 is 27.2. The minimum Gasteiger partial charge on any atom is -0.398 e. The van der Waals surface area contributed by atoms with Crippen LogP contribution in [0.25, 0.3) is 0 Å². The molecule has 2 rings (SSSR count). The molecule has 0 amide bonds. The Morgan fingerprint density at radius 2 is 1.86 bits per heavy atom. The van der Waals surface area contributed by atoms with E-state index < -0.39 is 10.0 Å². The van der Waals surface area contributed by atoms with Gasteiger partial charge in [0.25, 0.3) is 0 Å². The molecule has 0 saturated carbocycles. The highest BCUT2D eigenvalue weighted by Crippen LogP contribution is 2.26. The lowest BCUT2D eigenvalue weighted by Crippen LogP contribution is -2.24. The summed E-state index contributed by atoms with van der Waals surface area (Å²) in [6, 6.07) is 9.92. The van der Waals surface area contributed by atoms with Gasteiger partial charge in [0.15, 0.2) is 0 Å². The number of nitrogen functional groups attached to an aromatic ring is 1. The van der Waals surface area contributed by atoms with Gasteiger partial charge in [0, 0.05) is 22.3 Å². The van der Waals surface area contributed by atoms with Crippen LogP contribution >= 0.6 is 23.2 Å². The largest absolute Gasteiger partial charge is 0.398 e. The highest BCUT2D eigenvalue weighted by molar-refractivity contribution is 7.89. The Morgan fingerprint density at radius 3 is 2.52 bits per heavy atom. The van der Waals surface area contributed by atoms with Crippen LogP contribution in [0.2, 0.25) is 10.0 Å². The lowest BCUT2D eigenvalue weighted by molar-refractivity contribution is 0.581. The fourth-order valence-corrected chi connectivity index (χ4v) is 3.64. The number of hydrogen-bond donors (Lipinski definition) is 2. The number of hydrogen-bond acceptors (Lipinski definition) is 3. The topological polar surface area (TPSA) is 72.2 Å². The molecule has 21 heavy (non-hydrogen) atoms. The summed E-state index contributed by atoms with van der Waals surface area (Å²) in [5, 5.41) is 0.777. The SMILES string of the molecule is Cc1c(N)cc(Cl)cc1S(=O)(=O)NCc1ccccc1Cl. The second-order valence-corrected chi connectivity index (χ2v) is 7.11. The van der Waals surface area contributed by atoms with Gasteiger partial charge < -0.3 is 5.73 Å². The first-order valence-corrected chi connectivity index (χ1v) is 8.34. The van der Waals surface area contributed by atoms with E-state index in [0.29, 0.717) is 21.8 Å². The number of nitrogens with one attached hydrogen (secondary N) is 1. The quantitative estimate of drug-likeness (QED) is 0.835. The van der Waals surface area contributed by atoms with Crippen LogP contribution in [0.3, 0.4) is 0 Å². The van der Waals surface area contributed by atoms with Crippen molar-refractivity contribution in [3.63, 3.8) is 0 Å². The molecule has 0 aliphatic heterocycles. The van der Waals surface area contributed by atoms with Crippen LogP contribution in [-0.4, -0.2) is 8.42 Å². The van der Waals surface area contributed by atoms with Gasteiger partial charge in [0.1, 0.15) is 0 Å². The van der Waals surface area contributed by atoms with Crippen molar-refractivity contribution in [2.45, 2.75) is 18.4 Å². The van der Waals surface area contributed by atoms with Gasteiger partial charge in [-0.3, -0.25) is 0 Å². The van der Waals surface area contributed by atoms with Gasteiger partial charge in [0.2, 0.25) is 10.0 Å². The molecule has 3 N–H and O–H groups in total. The monoisotopic (exact) mass is 344 g/mol. The Balaban J connectivity index is 2.30. The summed E-state index contributed by atoms with van der Waals surface area (Å²) in [7, 11) is -3.72. The normalized spacial score (nSPS) is 11.6. The van der Waals surface area contributed by atoms with Crippen molar-refractivity contribution in [2.75, 3.05) is 5.73 Å². The number of sulfonamides is 1. The van der Waals surface area contributed by atoms with Crippen molar-refractivity contribution < 1.29 is 8.42 Å². The van der Waals surface area contributed by atoms with Crippen LogP contribution in [0.1, 0.15) is 11.1 Å². The highest BCUT2D eigenvalue weighted by Gasteiger charge is 2.19. The van der Waals surface area contributed by atoms with Crippen LogP contribution in [0.4, 0.5) is 5.69 Å². The smallest absolute Gasteiger partial charge is 0.241 e. The lowest BCUT2D eigenvalue weighted by Gasteiger charge is -2.12. The minimum absolute atomic E-state index is 0.0690. The molecule has 0 fully saturated rings. The van der Waals surface area contributed by atoms with Gasteiger partial charge in [-0.15, -0.1) is 0 Å². The maximum atomic E-state index is 12.4. The molecule has 0 bridgehead atoms. The van der Waals surface area contributed by atoms with Crippen molar-refractivity contribution in [3.05, 3.63) is 57.6 Å². The Kier molecular flexibility index (Phi) is 4.78. The number of halogens is 2. The molecule has 7 heteroatoms. The highest BCUT2D eigenvalue weighted by atomic mass is 35.5. The number of anilines is 1. The van der Waals surface area contributed by atoms with Crippen molar-refractivity contribution >= 4 is 38.9 Å². The molecule has 0 radical (unpaired) electrons. The number of nitrogens with two attached hydrogens (primary N) is 1. The fraction of sp³-hybridized carbons (Fsp3) is 0.143. The average Bonchev–Trinajstić information content (AvgIpc) is 2.42. The zero-order chi connectivity index (χ0) is 15.6. The van der Waals surface area contributed by atoms with Crippen LogP contribution in [0.15, 0.2) is 41.3 Å². The zero-order valence-corrected chi connectivity index (χ0v) is 13.6. The maximum Gasteiger partial charge on any atom is 0.241 e. The van der Waals surface area contributed by atoms with Crippen molar-refractivity contribution in [1.29, 1.82) is 0 Å². The molecule has 0 spiro atoms. The molecule has 2 aromatic carbocycles. The van der Waals surface area contributed by atoms with E-state index in [2.05, 4.69) is 4.72 Å². The first kappa shape index (κ1) is 16.1. The third-order valence-corrected chi connectivity index (χ3v) is 5.18. The van der Waals surface area contributed by atoms with Crippen LogP contribution in [0.5, 0.6) is 0 Å². The van der Waals surface area contributed by atoms with Gasteiger partial charge >= 0.3 is 0 Å². The Bertz CT molecular complexity index is 777. The molecule has 0 saturated heterocycles. The van der Waals surface area contributed by atoms with Gasteiger partial charge in [-0.25, -0.2) is 13.1 Å². The molecule has 0 aromatic heterocycles. The average molecular weight is 345 g/mol. The second-order valence-electron chi connectivity index (χ2n) is 4.53. The molecular formula is C14H14Cl2N2O2S. The Hall–Kier alpha value is -1.27. The maximum absolute atomic E-state index is 12.4. The predicted molar refractivity (Wildman–Crippen MR) is 86.1 cm³/mol. The van der Waals surface area contributed by atoms with Gasteiger partial charge in [0.05, 0.1) is 4.90 Å². The first-order valence-electron chi connectivity index (χ1n) is 6.10. The van der Waals surface area contributed by atoms with Crippen LogP contribution in [-0.2, 0) is 16.6 Å². The number of rotatable bonds is 4. The van der Waals surface area contributed by atoms with Crippen molar-refractivity contribution in [2.24, 2.45) is 0 Å². The van der Waals surface area contributed by atoms with Crippen molar-refractivity contribution in [1.82, 2.24) is 4.72 Å². The molecule has 4 nitrogen and oxygen atoms in total. The Morgan fingerprint density at radius 1 is 1.19 bits per heavy atom. The summed E-state index contributed by atoms with van der Waals surface area (Å²) in [4.78, 5) is 0.0690. The van der Waals surface area contributed by atoms with E-state index in [0.717, 1.165) is 0 Å². The first-order chi connectivity index (χ1) is 9.81. The summed E-state index contributed by atoms with van der Waals surface area (Å²) in [6.45, 7) is 1.73. The molecule has 0 atom stereocenters. The Labute approximate surface area is 133 Å². The predicted octanol–water partition coefficient (Wildman–Crippen LogP) is 3.36. The third-order valence-electron chi connectivity index (χ3n) is 3.06. The molecule has 112 valence electrons. The van der Waals surface area contributed by atoms with Crippen LogP contribution in [0, 0.1) is 6.92 Å². The molecule has 0 aliphatic carbocycles. The van der Waals surface area contributed by atoms with E-state index in [1.807, 2.05) is 0 Å². The minimum atomic E-state index is -3.72. The summed E-state index contributed by atoms with van der Waals surface area (Å²) >= 11 is 11.9. The van der Waals surface area contributed by atoms with Gasteiger partial charge in [-0.1, -0.05) is 41.4 Å². The van der Waals surface area contributed by atoms with Crippen molar-refractivity contribution in [3.8, 4) is 0 Å². The lowest BCUT2D eigenvalue weighted by atomic mass is 10.2. The van der Waals surface area contributed by atoms with E-state index >= 15 is 0 Å². The zero-order valence-electron chi connectivity index (χ0n) is 11.2. The van der Waals surface area contributed by atoms with Gasteiger partial charge in [-0.2, -0.15) is 0 Å². The van der Waals surface area contributed by atoms with E-state index in [-0.39, 0.29) is 16.5 Å². The van der Waals surface area contributed by atoms with Crippen LogP contribution < -0.4 is 10.5 Å². The number of benzene rings is 2. The fourth-order valence-electron chi connectivity index (χ4n) is 1.85. The summed E-state index contributed by atoms with van der Waals surface area (Å²) in [5.74, 6) is 0. The molecule has 2 aromatic rings. The standard InChI is InChI=1S/C14H14Cl2N2O2S/c1-9-13(17)6-11(15)7-14(9)21(19,20)18-8-10-4-2-3-5-12(10)16/h2-7,18H,8,17H2,1H3. The molecular weight excluding hydrogens is 331 g/mol. The molecule has 0 heterocycles. The van der Waals surface area contributed by atoms with Gasteiger partial charge in [-0.05, 0) is 36.2 Å². The third kappa shape index (κ3) is 3.68. The van der Waals surface area contributed by atoms with E-state index in [9.17, 15) is 8.42 Å². The summed E-state index contributed by atoms with van der Waals surface area (Å²) in [5.41, 5.74) is 7.24. The van der Waals surface area contributed by atoms with E-state index in [1.54, 1.807) is 31.2 Å². The van der Waals surface area contributed by atoms with E-state index in [1.165, 1.54) is 12.1 Å². The summed E-state index contributed by atoms with van der Waals surface area (Å²) in [6.07, 6.45) is 0. The molecule has 0 unspecified atom stereocenters.